The maximum absolute atomic E-state index is 5.63. The molecule has 2 aromatic carbocycles. The fraction of sp³-hybridized carbons (Fsp3) is 0.381. The quantitative estimate of drug-likeness (QED) is 0.836. The van der Waals surface area contributed by atoms with Crippen LogP contribution >= 0.6 is 12.2 Å². The molecule has 132 valence electrons. The van der Waals surface area contributed by atoms with Crippen molar-refractivity contribution in [2.24, 2.45) is 0 Å². The van der Waals surface area contributed by atoms with Crippen LogP contribution in [0.15, 0.2) is 42.5 Å². The van der Waals surface area contributed by atoms with Crippen molar-refractivity contribution in [2.75, 3.05) is 31.5 Å². The third-order valence-corrected chi connectivity index (χ3v) is 5.17. The molecule has 1 heterocycles. The van der Waals surface area contributed by atoms with Crippen molar-refractivity contribution in [1.82, 2.24) is 9.80 Å². The molecule has 0 saturated carbocycles. The Morgan fingerprint density at radius 3 is 2.20 bits per heavy atom. The van der Waals surface area contributed by atoms with Crippen LogP contribution in [0.3, 0.4) is 0 Å². The number of aryl methyl sites for hydroxylation is 3. The van der Waals surface area contributed by atoms with Crippen LogP contribution in [0, 0.1) is 20.8 Å². The van der Waals surface area contributed by atoms with Gasteiger partial charge in [0.05, 0.1) is 0 Å². The highest BCUT2D eigenvalue weighted by Crippen LogP contribution is 2.17. The van der Waals surface area contributed by atoms with Crippen molar-refractivity contribution in [3.05, 3.63) is 64.7 Å². The van der Waals surface area contributed by atoms with Crippen LogP contribution in [0.25, 0.3) is 0 Å². The van der Waals surface area contributed by atoms with Gasteiger partial charge in [-0.05, 0) is 50.2 Å². The molecule has 0 aromatic heterocycles. The van der Waals surface area contributed by atoms with Crippen molar-refractivity contribution in [1.29, 1.82) is 0 Å². The maximum Gasteiger partial charge on any atom is 0.173 e. The highest BCUT2D eigenvalue weighted by atomic mass is 32.1. The van der Waals surface area contributed by atoms with Crippen molar-refractivity contribution >= 4 is 23.0 Å². The van der Waals surface area contributed by atoms with Crippen LogP contribution in [-0.4, -0.2) is 41.1 Å². The van der Waals surface area contributed by atoms with E-state index >= 15 is 0 Å². The van der Waals surface area contributed by atoms with Gasteiger partial charge in [-0.25, -0.2) is 0 Å². The number of rotatable bonds is 3. The number of benzene rings is 2. The van der Waals surface area contributed by atoms with Crippen LogP contribution < -0.4 is 5.32 Å². The van der Waals surface area contributed by atoms with Gasteiger partial charge in [0.15, 0.2) is 5.11 Å². The molecule has 1 aliphatic rings. The Hall–Kier alpha value is -1.91. The van der Waals surface area contributed by atoms with Crippen LogP contribution in [0.4, 0.5) is 5.69 Å². The van der Waals surface area contributed by atoms with E-state index in [1.165, 1.54) is 22.3 Å². The molecule has 0 atom stereocenters. The molecule has 3 rings (SSSR count). The summed E-state index contributed by atoms with van der Waals surface area (Å²) in [7, 11) is 0. The first-order valence-corrected chi connectivity index (χ1v) is 9.33. The minimum atomic E-state index is 0.835. The topological polar surface area (TPSA) is 18.5 Å². The summed E-state index contributed by atoms with van der Waals surface area (Å²) in [4.78, 5) is 4.78. The fourth-order valence-corrected chi connectivity index (χ4v) is 3.50. The zero-order valence-electron chi connectivity index (χ0n) is 15.4. The molecule has 0 aliphatic carbocycles. The molecule has 25 heavy (non-hydrogen) atoms. The molecule has 1 fully saturated rings. The summed E-state index contributed by atoms with van der Waals surface area (Å²) in [5.74, 6) is 0. The van der Waals surface area contributed by atoms with Gasteiger partial charge in [-0.2, -0.15) is 0 Å². The average Bonchev–Trinajstić information content (AvgIpc) is 2.60. The SMILES string of the molecule is Cc1ccc(CN2CCN(C(=S)Nc3ccc(C)cc3C)CC2)cc1. The zero-order chi connectivity index (χ0) is 17.8. The van der Waals surface area contributed by atoms with Crippen LogP contribution in [0.5, 0.6) is 0 Å². The van der Waals surface area contributed by atoms with Gasteiger partial charge in [-0.1, -0.05) is 47.5 Å². The molecular formula is C21H27N3S. The Balaban J connectivity index is 1.51. The van der Waals surface area contributed by atoms with Crippen LogP contribution in [0.1, 0.15) is 22.3 Å². The molecule has 0 bridgehead atoms. The third kappa shape index (κ3) is 4.80. The van der Waals surface area contributed by atoms with Crippen LogP contribution in [-0.2, 0) is 6.54 Å². The first kappa shape index (κ1) is 17.9. The number of hydrogen-bond acceptors (Lipinski definition) is 2. The summed E-state index contributed by atoms with van der Waals surface area (Å²) >= 11 is 5.63. The lowest BCUT2D eigenvalue weighted by molar-refractivity contribution is 0.177. The first-order valence-electron chi connectivity index (χ1n) is 8.92. The standard InChI is InChI=1S/C21H27N3S/c1-16-4-7-19(8-5-16)15-23-10-12-24(13-11-23)21(25)22-20-9-6-17(2)14-18(20)3/h4-9,14H,10-13,15H2,1-3H3,(H,22,25). The number of anilines is 1. The van der Waals surface area contributed by atoms with E-state index in [1.54, 1.807) is 0 Å². The zero-order valence-corrected chi connectivity index (χ0v) is 16.2. The Morgan fingerprint density at radius 1 is 0.920 bits per heavy atom. The third-order valence-electron chi connectivity index (χ3n) is 4.81. The van der Waals surface area contributed by atoms with Gasteiger partial charge in [-0.3, -0.25) is 4.90 Å². The van der Waals surface area contributed by atoms with Gasteiger partial charge in [-0.15, -0.1) is 0 Å². The molecule has 0 radical (unpaired) electrons. The number of hydrogen-bond donors (Lipinski definition) is 1. The summed E-state index contributed by atoms with van der Waals surface area (Å²) in [5, 5.41) is 4.25. The minimum absolute atomic E-state index is 0.835. The van der Waals surface area contributed by atoms with Gasteiger partial charge in [0.2, 0.25) is 0 Å². The molecule has 0 spiro atoms. The summed E-state index contributed by atoms with van der Waals surface area (Å²) in [6, 6.07) is 15.3. The van der Waals surface area contributed by atoms with Crippen molar-refractivity contribution < 1.29 is 0 Å². The number of nitrogens with zero attached hydrogens (tertiary/aromatic N) is 2. The Morgan fingerprint density at radius 2 is 1.56 bits per heavy atom. The number of piperazine rings is 1. The Bertz CT molecular complexity index is 731. The first-order chi connectivity index (χ1) is 12.0. The van der Waals surface area contributed by atoms with Crippen LogP contribution in [0.2, 0.25) is 0 Å². The number of nitrogens with one attached hydrogen (secondary N) is 1. The van der Waals surface area contributed by atoms with E-state index in [2.05, 4.69) is 78.4 Å². The minimum Gasteiger partial charge on any atom is -0.346 e. The smallest absolute Gasteiger partial charge is 0.173 e. The lowest BCUT2D eigenvalue weighted by Gasteiger charge is -2.36. The van der Waals surface area contributed by atoms with E-state index in [9.17, 15) is 0 Å². The molecule has 1 aliphatic heterocycles. The summed E-state index contributed by atoms with van der Waals surface area (Å²) in [6.45, 7) is 11.4. The van der Waals surface area contributed by atoms with E-state index in [4.69, 9.17) is 12.2 Å². The molecule has 3 nitrogen and oxygen atoms in total. The predicted molar refractivity (Wildman–Crippen MR) is 110 cm³/mol. The highest BCUT2D eigenvalue weighted by Gasteiger charge is 2.19. The number of thiocarbonyl (C=S) groups is 1. The monoisotopic (exact) mass is 353 g/mol. The average molecular weight is 354 g/mol. The Kier molecular flexibility index (Phi) is 5.71. The summed E-state index contributed by atoms with van der Waals surface area (Å²) in [5.41, 5.74) is 6.32. The van der Waals surface area contributed by atoms with E-state index < -0.39 is 0 Å². The van der Waals surface area contributed by atoms with Crippen molar-refractivity contribution in [2.45, 2.75) is 27.3 Å². The Labute approximate surface area is 156 Å². The largest absolute Gasteiger partial charge is 0.346 e. The molecule has 0 unspecified atom stereocenters. The molecular weight excluding hydrogens is 326 g/mol. The molecule has 0 amide bonds. The van der Waals surface area contributed by atoms with Gasteiger partial charge in [0.25, 0.3) is 0 Å². The lowest BCUT2D eigenvalue weighted by Crippen LogP contribution is -2.49. The van der Waals surface area contributed by atoms with Gasteiger partial charge < -0.3 is 10.2 Å². The summed E-state index contributed by atoms with van der Waals surface area (Å²) < 4.78 is 0. The van der Waals surface area contributed by atoms with Gasteiger partial charge in [0.1, 0.15) is 0 Å². The maximum atomic E-state index is 5.63. The van der Waals surface area contributed by atoms with E-state index in [1.807, 2.05) is 0 Å². The van der Waals surface area contributed by atoms with Crippen molar-refractivity contribution in [3.63, 3.8) is 0 Å². The molecule has 2 aromatic rings. The second kappa shape index (κ2) is 7.98. The van der Waals surface area contributed by atoms with E-state index in [0.29, 0.717) is 0 Å². The summed E-state index contributed by atoms with van der Waals surface area (Å²) in [6.07, 6.45) is 0. The van der Waals surface area contributed by atoms with E-state index in [-0.39, 0.29) is 0 Å². The fourth-order valence-electron chi connectivity index (χ4n) is 3.21. The van der Waals surface area contributed by atoms with Gasteiger partial charge in [0, 0.05) is 38.4 Å². The second-order valence-corrected chi connectivity index (χ2v) is 7.38. The van der Waals surface area contributed by atoms with Gasteiger partial charge >= 0.3 is 0 Å². The van der Waals surface area contributed by atoms with E-state index in [0.717, 1.165) is 43.5 Å². The van der Waals surface area contributed by atoms with Crippen molar-refractivity contribution in [3.8, 4) is 0 Å². The lowest BCUT2D eigenvalue weighted by atomic mass is 10.1. The molecule has 1 saturated heterocycles. The normalized spacial score (nSPS) is 15.2. The second-order valence-electron chi connectivity index (χ2n) is 7.00. The predicted octanol–water partition coefficient (Wildman–Crippen LogP) is 4.13. The highest BCUT2D eigenvalue weighted by molar-refractivity contribution is 7.80. The molecule has 1 N–H and O–H groups in total. The molecule has 4 heteroatoms.